The maximum atomic E-state index is 13.7. The normalized spacial score (nSPS) is 18.2. The highest BCUT2D eigenvalue weighted by Crippen LogP contribution is 2.49. The van der Waals surface area contributed by atoms with Crippen molar-refractivity contribution in [3.63, 3.8) is 0 Å². The number of allylic oxidation sites excluding steroid dienone is 1. The van der Waals surface area contributed by atoms with Gasteiger partial charge in [-0.15, -0.1) is 11.3 Å². The van der Waals surface area contributed by atoms with Crippen LogP contribution in [0.4, 0.5) is 17.6 Å². The molecule has 0 amide bonds. The minimum atomic E-state index is -4.10. The lowest BCUT2D eigenvalue weighted by Crippen LogP contribution is -2.45. The van der Waals surface area contributed by atoms with Crippen LogP contribution >= 0.6 is 11.3 Å². The number of ether oxygens (including phenoxy) is 1. The summed E-state index contributed by atoms with van der Waals surface area (Å²) in [5, 5.41) is 0. The van der Waals surface area contributed by atoms with Gasteiger partial charge in [0.15, 0.2) is 0 Å². The number of alkyl halides is 4. The van der Waals surface area contributed by atoms with Crippen LogP contribution in [0.3, 0.4) is 0 Å². The molecule has 0 saturated carbocycles. The summed E-state index contributed by atoms with van der Waals surface area (Å²) in [6.45, 7) is 15.7. The summed E-state index contributed by atoms with van der Waals surface area (Å²) in [6.07, 6.45) is -1.87. The Kier molecular flexibility index (Phi) is 8.80. The van der Waals surface area contributed by atoms with Crippen LogP contribution in [-0.4, -0.2) is 31.0 Å². The molecule has 0 unspecified atom stereocenters. The molecule has 0 radical (unpaired) electrons. The minimum absolute atomic E-state index is 0.441. The van der Waals surface area contributed by atoms with E-state index in [2.05, 4.69) is 11.5 Å². The zero-order valence-electron chi connectivity index (χ0n) is 16.9. The number of likely N-dealkylation sites (tertiary alicyclic amines) is 1. The first kappa shape index (κ1) is 24.0. The zero-order chi connectivity index (χ0) is 20.8. The molecule has 1 fully saturated rings. The molecule has 1 aromatic heterocycles. The van der Waals surface area contributed by atoms with Crippen molar-refractivity contribution < 1.29 is 22.3 Å². The standard InChI is InChI=1S/C16H19F4NOS.2C2H6/c1-10(2)21-6-4-15(5-7-21)13-11(3-8-22-15)9-12(23-13)16(19,20)14(17)18;2*1-2/h9,14H,1,3-8H2,2H3;2*1-2H3. The molecule has 1 saturated heterocycles. The molecule has 156 valence electrons. The van der Waals surface area contributed by atoms with Crippen LogP contribution < -0.4 is 0 Å². The van der Waals surface area contributed by atoms with Gasteiger partial charge in [0.2, 0.25) is 0 Å². The van der Waals surface area contributed by atoms with Crippen molar-refractivity contribution in [1.82, 2.24) is 4.90 Å². The number of halogens is 4. The highest BCUT2D eigenvalue weighted by molar-refractivity contribution is 7.12. The van der Waals surface area contributed by atoms with Crippen molar-refractivity contribution in [2.24, 2.45) is 0 Å². The van der Waals surface area contributed by atoms with Crippen LogP contribution in [0.15, 0.2) is 18.3 Å². The molecule has 2 aliphatic rings. The molecule has 27 heavy (non-hydrogen) atoms. The number of nitrogens with zero attached hydrogens (tertiary/aromatic N) is 1. The van der Waals surface area contributed by atoms with Gasteiger partial charge in [0.25, 0.3) is 0 Å². The van der Waals surface area contributed by atoms with Crippen molar-refractivity contribution in [1.29, 1.82) is 0 Å². The van der Waals surface area contributed by atoms with Crippen molar-refractivity contribution in [2.75, 3.05) is 19.7 Å². The van der Waals surface area contributed by atoms with E-state index in [4.69, 9.17) is 4.74 Å². The summed E-state index contributed by atoms with van der Waals surface area (Å²) in [4.78, 5) is 2.29. The second-order valence-electron chi connectivity index (χ2n) is 6.20. The molecule has 2 nitrogen and oxygen atoms in total. The molecule has 3 heterocycles. The number of fused-ring (bicyclic) bond motifs is 2. The van der Waals surface area contributed by atoms with E-state index in [-0.39, 0.29) is 0 Å². The molecule has 0 aliphatic carbocycles. The fraction of sp³-hybridized carbons (Fsp3) is 0.700. The van der Waals surface area contributed by atoms with E-state index in [1.807, 2.05) is 34.6 Å². The van der Waals surface area contributed by atoms with Gasteiger partial charge in [-0.3, -0.25) is 0 Å². The van der Waals surface area contributed by atoms with Crippen molar-refractivity contribution in [2.45, 2.75) is 71.8 Å². The third kappa shape index (κ3) is 4.86. The number of thiophene rings is 1. The van der Waals surface area contributed by atoms with Gasteiger partial charge < -0.3 is 9.64 Å². The van der Waals surface area contributed by atoms with Gasteiger partial charge in [0.1, 0.15) is 5.60 Å². The van der Waals surface area contributed by atoms with Crippen LogP contribution in [0, 0.1) is 0 Å². The van der Waals surface area contributed by atoms with Crippen molar-refractivity contribution in [3.05, 3.63) is 33.7 Å². The van der Waals surface area contributed by atoms with Crippen LogP contribution in [0.1, 0.15) is 62.8 Å². The lowest BCUT2D eigenvalue weighted by Gasteiger charge is -2.44. The summed E-state index contributed by atoms with van der Waals surface area (Å²) in [5.74, 6) is -4.10. The van der Waals surface area contributed by atoms with E-state index in [0.717, 1.165) is 35.7 Å². The molecule has 1 aromatic rings. The van der Waals surface area contributed by atoms with Crippen molar-refractivity contribution in [3.8, 4) is 0 Å². The molecular weight excluding hydrogens is 378 g/mol. The van der Waals surface area contributed by atoms with Crippen LogP contribution in [0.2, 0.25) is 0 Å². The Morgan fingerprint density at radius 1 is 1.22 bits per heavy atom. The maximum Gasteiger partial charge on any atom is 0.341 e. The summed E-state index contributed by atoms with van der Waals surface area (Å²) >= 11 is 0.790. The number of hydrogen-bond acceptors (Lipinski definition) is 3. The molecule has 0 atom stereocenters. The van der Waals surface area contributed by atoms with Gasteiger partial charge in [-0.2, -0.15) is 8.78 Å². The Morgan fingerprint density at radius 3 is 2.26 bits per heavy atom. The van der Waals surface area contributed by atoms with Crippen LogP contribution in [-0.2, 0) is 22.7 Å². The largest absolute Gasteiger partial charge is 0.375 e. The molecule has 1 spiro atoms. The quantitative estimate of drug-likeness (QED) is 0.525. The fourth-order valence-electron chi connectivity index (χ4n) is 3.31. The van der Waals surface area contributed by atoms with E-state index in [1.54, 1.807) is 0 Å². The number of rotatable bonds is 3. The molecular formula is C20H31F4NOS. The third-order valence-corrected chi connectivity index (χ3v) is 6.13. The molecule has 0 bridgehead atoms. The van der Waals surface area contributed by atoms with Gasteiger partial charge in [0.05, 0.1) is 11.5 Å². The second kappa shape index (κ2) is 9.92. The Bertz CT molecular complexity index is 607. The number of hydrogen-bond donors (Lipinski definition) is 0. The first-order valence-electron chi connectivity index (χ1n) is 9.60. The monoisotopic (exact) mass is 409 g/mol. The Morgan fingerprint density at radius 2 is 1.78 bits per heavy atom. The van der Waals surface area contributed by atoms with E-state index in [9.17, 15) is 17.6 Å². The maximum absolute atomic E-state index is 13.7. The van der Waals surface area contributed by atoms with Crippen LogP contribution in [0.25, 0.3) is 0 Å². The van der Waals surface area contributed by atoms with Gasteiger partial charge >= 0.3 is 12.3 Å². The SMILES string of the molecule is C=C(C)N1CCC2(CC1)OCCc1cc(C(F)(F)C(F)F)sc12.CC.CC. The first-order valence-corrected chi connectivity index (χ1v) is 10.4. The lowest BCUT2D eigenvalue weighted by atomic mass is 9.85. The molecule has 0 aromatic carbocycles. The molecule has 3 rings (SSSR count). The second-order valence-corrected chi connectivity index (χ2v) is 7.26. The number of piperidine rings is 1. The zero-order valence-corrected chi connectivity index (χ0v) is 17.7. The summed E-state index contributed by atoms with van der Waals surface area (Å²) in [5.41, 5.74) is 1.09. The lowest BCUT2D eigenvalue weighted by molar-refractivity contribution is -0.132. The molecule has 2 aliphatic heterocycles. The predicted octanol–water partition coefficient (Wildman–Crippen LogP) is 6.55. The third-order valence-electron chi connectivity index (χ3n) is 4.69. The van der Waals surface area contributed by atoms with Crippen LogP contribution in [0.5, 0.6) is 0 Å². The average Bonchev–Trinajstić information content (AvgIpc) is 3.12. The summed E-state index contributed by atoms with van der Waals surface area (Å²) in [6, 6.07) is 1.25. The van der Waals surface area contributed by atoms with E-state index in [1.165, 1.54) is 6.07 Å². The Balaban J connectivity index is 0.000000855. The Labute approximate surface area is 164 Å². The highest BCUT2D eigenvalue weighted by Gasteiger charge is 2.48. The molecule has 7 heteroatoms. The minimum Gasteiger partial charge on any atom is -0.375 e. The molecule has 0 N–H and O–H groups in total. The highest BCUT2D eigenvalue weighted by atomic mass is 32.1. The van der Waals surface area contributed by atoms with Gasteiger partial charge in [-0.25, -0.2) is 8.78 Å². The van der Waals surface area contributed by atoms with E-state index in [0.29, 0.717) is 30.7 Å². The fourth-order valence-corrected chi connectivity index (χ4v) is 4.70. The van der Waals surface area contributed by atoms with E-state index >= 15 is 0 Å². The first-order chi connectivity index (χ1) is 12.8. The topological polar surface area (TPSA) is 12.5 Å². The van der Waals surface area contributed by atoms with Gasteiger partial charge in [-0.05, 0) is 37.8 Å². The smallest absolute Gasteiger partial charge is 0.341 e. The predicted molar refractivity (Wildman–Crippen MR) is 104 cm³/mol. The Hall–Kier alpha value is -1.08. The summed E-state index contributed by atoms with van der Waals surface area (Å²) in [7, 11) is 0. The summed E-state index contributed by atoms with van der Waals surface area (Å²) < 4.78 is 58.6. The van der Waals surface area contributed by atoms with Crippen molar-refractivity contribution >= 4 is 11.3 Å². The van der Waals surface area contributed by atoms with Gasteiger partial charge in [0, 0.05) is 23.7 Å². The van der Waals surface area contributed by atoms with E-state index < -0.39 is 22.8 Å². The van der Waals surface area contributed by atoms with Gasteiger partial charge in [-0.1, -0.05) is 34.3 Å². The average molecular weight is 410 g/mol.